The monoisotopic (exact) mass is 318 g/mol. The van der Waals surface area contributed by atoms with E-state index in [0.29, 0.717) is 11.6 Å². The van der Waals surface area contributed by atoms with Crippen LogP contribution in [-0.4, -0.2) is 10.9 Å². The van der Waals surface area contributed by atoms with Crippen molar-refractivity contribution >= 4 is 32.6 Å². The number of fused-ring (bicyclic) bond motifs is 1. The van der Waals surface area contributed by atoms with Crippen LogP contribution in [0.4, 0.5) is 5.13 Å². The lowest BCUT2D eigenvalue weighted by Crippen LogP contribution is -2.10. The molecule has 0 unspecified atom stereocenters. The van der Waals surface area contributed by atoms with Crippen molar-refractivity contribution in [2.24, 2.45) is 0 Å². The molecule has 4 heteroatoms. The zero-order valence-electron chi connectivity index (χ0n) is 13.7. The van der Waals surface area contributed by atoms with Gasteiger partial charge in [0.05, 0.1) is 10.2 Å². The van der Waals surface area contributed by atoms with Gasteiger partial charge in [-0.15, -0.1) is 0 Å². The molecule has 0 saturated heterocycles. The number of unbranched alkanes of at least 4 members (excludes halogenated alkanes) is 6. The lowest BCUT2D eigenvalue weighted by atomic mass is 10.1. The second kappa shape index (κ2) is 8.89. The number of benzene rings is 1. The zero-order valence-corrected chi connectivity index (χ0v) is 14.5. The Bertz CT molecular complexity index is 606. The predicted molar refractivity (Wildman–Crippen MR) is 95.6 cm³/mol. The quantitative estimate of drug-likeness (QED) is 0.604. The lowest BCUT2D eigenvalue weighted by Gasteiger charge is -2.02. The van der Waals surface area contributed by atoms with E-state index in [2.05, 4.69) is 30.2 Å². The Morgan fingerprint density at radius 2 is 1.86 bits per heavy atom. The standard InChI is InChI=1S/C18H26N2OS/c1-3-4-5-6-7-8-9-10-17(21)20-18-19-15-12-11-14(2)13-16(15)22-18/h11-13H,3-10H2,1-2H3,(H,19,20,21). The van der Waals surface area contributed by atoms with Crippen LogP contribution in [0.25, 0.3) is 10.2 Å². The minimum absolute atomic E-state index is 0.0873. The summed E-state index contributed by atoms with van der Waals surface area (Å²) < 4.78 is 1.13. The van der Waals surface area contributed by atoms with Gasteiger partial charge in [-0.25, -0.2) is 4.98 Å². The molecule has 0 aliphatic heterocycles. The van der Waals surface area contributed by atoms with Crippen molar-refractivity contribution in [2.75, 3.05) is 5.32 Å². The molecular formula is C18H26N2OS. The van der Waals surface area contributed by atoms with Gasteiger partial charge in [0, 0.05) is 6.42 Å². The number of hydrogen-bond acceptors (Lipinski definition) is 3. The molecular weight excluding hydrogens is 292 g/mol. The third kappa shape index (κ3) is 5.41. The molecule has 1 aromatic carbocycles. The van der Waals surface area contributed by atoms with Gasteiger partial charge in [0.15, 0.2) is 5.13 Å². The molecule has 0 bridgehead atoms. The van der Waals surface area contributed by atoms with Crippen LogP contribution in [0.1, 0.15) is 63.9 Å². The third-order valence-corrected chi connectivity index (χ3v) is 4.73. The van der Waals surface area contributed by atoms with Gasteiger partial charge in [0.2, 0.25) is 5.91 Å². The Morgan fingerprint density at radius 3 is 2.64 bits per heavy atom. The van der Waals surface area contributed by atoms with Crippen LogP contribution in [-0.2, 0) is 4.79 Å². The summed E-state index contributed by atoms with van der Waals surface area (Å²) in [7, 11) is 0. The average Bonchev–Trinajstić information content (AvgIpc) is 2.87. The summed E-state index contributed by atoms with van der Waals surface area (Å²) in [5, 5.41) is 3.65. The molecule has 22 heavy (non-hydrogen) atoms. The van der Waals surface area contributed by atoms with Crippen molar-refractivity contribution in [1.29, 1.82) is 0 Å². The van der Waals surface area contributed by atoms with Crippen molar-refractivity contribution in [3.05, 3.63) is 23.8 Å². The first-order valence-electron chi connectivity index (χ1n) is 8.36. The Hall–Kier alpha value is -1.42. The number of aryl methyl sites for hydroxylation is 1. The molecule has 1 amide bonds. The molecule has 0 spiro atoms. The normalized spacial score (nSPS) is 11.0. The first-order chi connectivity index (χ1) is 10.7. The van der Waals surface area contributed by atoms with Gasteiger partial charge in [-0.1, -0.05) is 62.9 Å². The van der Waals surface area contributed by atoms with E-state index in [0.717, 1.165) is 23.1 Å². The van der Waals surface area contributed by atoms with Crippen LogP contribution in [0.5, 0.6) is 0 Å². The van der Waals surface area contributed by atoms with Gasteiger partial charge in [-0.05, 0) is 31.0 Å². The van der Waals surface area contributed by atoms with Crippen molar-refractivity contribution < 1.29 is 4.79 Å². The number of thiazole rings is 1. The summed E-state index contributed by atoms with van der Waals surface area (Å²) in [6.45, 7) is 4.30. The van der Waals surface area contributed by atoms with Crippen LogP contribution < -0.4 is 5.32 Å². The highest BCUT2D eigenvalue weighted by Crippen LogP contribution is 2.26. The summed E-state index contributed by atoms with van der Waals surface area (Å²) in [5.74, 6) is 0.0873. The fourth-order valence-corrected chi connectivity index (χ4v) is 3.49. The highest BCUT2D eigenvalue weighted by Gasteiger charge is 2.07. The maximum atomic E-state index is 11.9. The molecule has 0 fully saturated rings. The Balaban J connectivity index is 1.70. The van der Waals surface area contributed by atoms with E-state index >= 15 is 0 Å². The van der Waals surface area contributed by atoms with Crippen LogP contribution in [0.15, 0.2) is 18.2 Å². The topological polar surface area (TPSA) is 42.0 Å². The number of carbonyl (C=O) groups is 1. The van der Waals surface area contributed by atoms with E-state index in [1.54, 1.807) is 11.3 Å². The van der Waals surface area contributed by atoms with Gasteiger partial charge in [-0.2, -0.15) is 0 Å². The fourth-order valence-electron chi connectivity index (χ4n) is 2.51. The molecule has 2 rings (SSSR count). The Morgan fingerprint density at radius 1 is 1.14 bits per heavy atom. The number of hydrogen-bond donors (Lipinski definition) is 1. The minimum atomic E-state index is 0.0873. The molecule has 1 heterocycles. The number of anilines is 1. The largest absolute Gasteiger partial charge is 0.302 e. The minimum Gasteiger partial charge on any atom is -0.302 e. The number of amides is 1. The average molecular weight is 318 g/mol. The van der Waals surface area contributed by atoms with E-state index in [-0.39, 0.29) is 5.91 Å². The Kier molecular flexibility index (Phi) is 6.84. The van der Waals surface area contributed by atoms with E-state index in [1.165, 1.54) is 37.7 Å². The third-order valence-electron chi connectivity index (χ3n) is 3.80. The van der Waals surface area contributed by atoms with Crippen molar-refractivity contribution in [1.82, 2.24) is 4.98 Å². The first-order valence-corrected chi connectivity index (χ1v) is 9.17. The molecule has 1 aromatic heterocycles. The summed E-state index contributed by atoms with van der Waals surface area (Å²) in [6.07, 6.45) is 9.21. The van der Waals surface area contributed by atoms with Crippen molar-refractivity contribution in [3.63, 3.8) is 0 Å². The summed E-state index contributed by atoms with van der Waals surface area (Å²) in [4.78, 5) is 16.4. The molecule has 0 aliphatic rings. The van der Waals surface area contributed by atoms with E-state index in [4.69, 9.17) is 0 Å². The van der Waals surface area contributed by atoms with Crippen molar-refractivity contribution in [2.45, 2.75) is 65.2 Å². The fraction of sp³-hybridized carbons (Fsp3) is 0.556. The second-order valence-corrected chi connectivity index (χ2v) is 6.94. The number of aromatic nitrogens is 1. The maximum Gasteiger partial charge on any atom is 0.226 e. The molecule has 0 saturated carbocycles. The maximum absolute atomic E-state index is 11.9. The second-order valence-electron chi connectivity index (χ2n) is 5.91. The number of rotatable bonds is 9. The molecule has 2 aromatic rings. The SMILES string of the molecule is CCCCCCCCCC(=O)Nc1nc2ccc(C)cc2s1. The smallest absolute Gasteiger partial charge is 0.226 e. The van der Waals surface area contributed by atoms with E-state index < -0.39 is 0 Å². The lowest BCUT2D eigenvalue weighted by molar-refractivity contribution is -0.116. The van der Waals surface area contributed by atoms with Gasteiger partial charge in [-0.3, -0.25) is 4.79 Å². The van der Waals surface area contributed by atoms with Crippen LogP contribution in [0.3, 0.4) is 0 Å². The number of carbonyl (C=O) groups excluding carboxylic acids is 1. The zero-order chi connectivity index (χ0) is 15.8. The molecule has 0 aliphatic carbocycles. The van der Waals surface area contributed by atoms with Gasteiger partial charge in [0.25, 0.3) is 0 Å². The van der Waals surface area contributed by atoms with Gasteiger partial charge < -0.3 is 5.32 Å². The molecule has 3 nitrogen and oxygen atoms in total. The molecule has 0 radical (unpaired) electrons. The first kappa shape index (κ1) is 16.9. The summed E-state index contributed by atoms with van der Waals surface area (Å²) >= 11 is 1.55. The van der Waals surface area contributed by atoms with Crippen molar-refractivity contribution in [3.8, 4) is 0 Å². The highest BCUT2D eigenvalue weighted by molar-refractivity contribution is 7.22. The summed E-state index contributed by atoms with van der Waals surface area (Å²) in [5.41, 5.74) is 2.18. The Labute approximate surface area is 137 Å². The van der Waals surface area contributed by atoms with Gasteiger partial charge >= 0.3 is 0 Å². The van der Waals surface area contributed by atoms with E-state index in [1.807, 2.05) is 12.1 Å². The molecule has 120 valence electrons. The number of nitrogens with zero attached hydrogens (tertiary/aromatic N) is 1. The highest BCUT2D eigenvalue weighted by atomic mass is 32.1. The van der Waals surface area contributed by atoms with Crippen LogP contribution >= 0.6 is 11.3 Å². The molecule has 0 atom stereocenters. The van der Waals surface area contributed by atoms with Crippen LogP contribution in [0.2, 0.25) is 0 Å². The predicted octanol–water partition coefficient (Wildman–Crippen LogP) is 5.68. The van der Waals surface area contributed by atoms with E-state index in [9.17, 15) is 4.79 Å². The number of nitrogens with one attached hydrogen (secondary N) is 1. The van der Waals surface area contributed by atoms with Gasteiger partial charge in [0.1, 0.15) is 0 Å². The molecule has 1 N–H and O–H groups in total. The van der Waals surface area contributed by atoms with Crippen LogP contribution in [0, 0.1) is 6.92 Å². The summed E-state index contributed by atoms with van der Waals surface area (Å²) in [6, 6.07) is 6.16.